The molecule has 102 valence electrons. The van der Waals surface area contributed by atoms with Gasteiger partial charge in [-0.15, -0.1) is 0 Å². The predicted molar refractivity (Wildman–Crippen MR) is 76.7 cm³/mol. The molecular weight excluding hydrogens is 238 g/mol. The first-order valence-corrected chi connectivity index (χ1v) is 6.89. The van der Waals surface area contributed by atoms with Gasteiger partial charge in [-0.2, -0.15) is 0 Å². The van der Waals surface area contributed by atoms with Crippen LogP contribution in [0.4, 0.5) is 0 Å². The lowest BCUT2D eigenvalue weighted by atomic mass is 10.0. The average Bonchev–Trinajstić information content (AvgIpc) is 2.74. The maximum atomic E-state index is 11.0. The normalized spacial score (nSPS) is 20.2. The molecule has 0 spiro atoms. The van der Waals surface area contributed by atoms with Gasteiger partial charge in [0.15, 0.2) is 0 Å². The van der Waals surface area contributed by atoms with Crippen molar-refractivity contribution in [3.8, 4) is 0 Å². The zero-order valence-electron chi connectivity index (χ0n) is 11.4. The molecule has 1 saturated heterocycles. The van der Waals surface area contributed by atoms with Crippen molar-refractivity contribution < 1.29 is 9.53 Å². The van der Waals surface area contributed by atoms with E-state index >= 15 is 0 Å². The van der Waals surface area contributed by atoms with E-state index in [0.29, 0.717) is 6.04 Å². The molecule has 1 unspecified atom stereocenters. The van der Waals surface area contributed by atoms with Crippen LogP contribution in [0.15, 0.2) is 30.3 Å². The molecule has 0 bridgehead atoms. The predicted octanol–water partition coefficient (Wildman–Crippen LogP) is 3.08. The van der Waals surface area contributed by atoms with E-state index in [2.05, 4.69) is 22.2 Å². The molecule has 0 saturated carbocycles. The smallest absolute Gasteiger partial charge is 0.330 e. The first-order valence-electron chi connectivity index (χ1n) is 6.89. The van der Waals surface area contributed by atoms with Crippen LogP contribution in [-0.4, -0.2) is 19.6 Å². The van der Waals surface area contributed by atoms with Crippen molar-refractivity contribution >= 4 is 12.0 Å². The van der Waals surface area contributed by atoms with Crippen molar-refractivity contribution in [1.82, 2.24) is 5.32 Å². The van der Waals surface area contributed by atoms with Gasteiger partial charge in [0.05, 0.1) is 7.11 Å². The third kappa shape index (κ3) is 4.21. The number of rotatable bonds is 3. The molecule has 1 aliphatic heterocycles. The van der Waals surface area contributed by atoms with Crippen molar-refractivity contribution in [2.45, 2.75) is 31.7 Å². The van der Waals surface area contributed by atoms with Gasteiger partial charge in [-0.3, -0.25) is 0 Å². The zero-order valence-corrected chi connectivity index (χ0v) is 11.4. The molecule has 1 heterocycles. The van der Waals surface area contributed by atoms with Crippen molar-refractivity contribution in [3.05, 3.63) is 41.5 Å². The number of ether oxygens (including phenoxy) is 1. The van der Waals surface area contributed by atoms with E-state index in [4.69, 9.17) is 0 Å². The maximum Gasteiger partial charge on any atom is 0.330 e. The molecule has 0 aliphatic carbocycles. The number of nitrogens with one attached hydrogen (secondary N) is 1. The Hall–Kier alpha value is -1.61. The Balaban J connectivity index is 2.01. The van der Waals surface area contributed by atoms with E-state index in [-0.39, 0.29) is 5.97 Å². The molecule has 3 nitrogen and oxygen atoms in total. The van der Waals surface area contributed by atoms with Gasteiger partial charge in [0.1, 0.15) is 0 Å². The topological polar surface area (TPSA) is 38.3 Å². The Morgan fingerprint density at radius 1 is 1.26 bits per heavy atom. The van der Waals surface area contributed by atoms with Crippen molar-refractivity contribution in [3.63, 3.8) is 0 Å². The van der Waals surface area contributed by atoms with Crippen LogP contribution in [0.25, 0.3) is 6.08 Å². The highest BCUT2D eigenvalue weighted by Gasteiger charge is 2.12. The van der Waals surface area contributed by atoms with Gasteiger partial charge in [0, 0.05) is 12.1 Å². The van der Waals surface area contributed by atoms with Gasteiger partial charge >= 0.3 is 5.97 Å². The Bertz CT molecular complexity index is 429. The Morgan fingerprint density at radius 2 is 2.05 bits per heavy atom. The van der Waals surface area contributed by atoms with Crippen LogP contribution in [0, 0.1) is 0 Å². The van der Waals surface area contributed by atoms with E-state index in [1.807, 2.05) is 12.1 Å². The number of methoxy groups -OCH3 is 1. The van der Waals surface area contributed by atoms with Crippen molar-refractivity contribution in [2.75, 3.05) is 13.7 Å². The Kier molecular flexibility index (Phi) is 5.16. The maximum absolute atomic E-state index is 11.0. The minimum atomic E-state index is -0.325. The molecule has 0 aromatic heterocycles. The second-order valence-corrected chi connectivity index (χ2v) is 4.88. The van der Waals surface area contributed by atoms with Crippen LogP contribution < -0.4 is 5.32 Å². The second kappa shape index (κ2) is 7.10. The zero-order chi connectivity index (χ0) is 13.5. The first kappa shape index (κ1) is 13.8. The molecule has 2 rings (SSSR count). The second-order valence-electron chi connectivity index (χ2n) is 4.88. The monoisotopic (exact) mass is 259 g/mol. The fourth-order valence-electron chi connectivity index (χ4n) is 2.38. The highest BCUT2D eigenvalue weighted by Crippen LogP contribution is 2.23. The molecular formula is C16H21NO2. The fraction of sp³-hybridized carbons (Fsp3) is 0.438. The Morgan fingerprint density at radius 3 is 2.79 bits per heavy atom. The summed E-state index contributed by atoms with van der Waals surface area (Å²) in [7, 11) is 1.38. The number of benzene rings is 1. The molecule has 1 aromatic carbocycles. The summed E-state index contributed by atoms with van der Waals surface area (Å²) in [6, 6.07) is 8.84. The molecule has 1 atom stereocenters. The van der Waals surface area contributed by atoms with Crippen LogP contribution in [0.2, 0.25) is 0 Å². The molecule has 1 aromatic rings. The number of carbonyl (C=O) groups is 1. The van der Waals surface area contributed by atoms with Crippen molar-refractivity contribution in [1.29, 1.82) is 0 Å². The molecule has 1 N–H and O–H groups in total. The number of hydrogen-bond acceptors (Lipinski definition) is 3. The number of hydrogen-bond donors (Lipinski definition) is 1. The van der Waals surface area contributed by atoms with Gasteiger partial charge in [0.2, 0.25) is 0 Å². The third-order valence-electron chi connectivity index (χ3n) is 3.51. The summed E-state index contributed by atoms with van der Waals surface area (Å²) < 4.78 is 4.57. The largest absolute Gasteiger partial charge is 0.466 e. The quantitative estimate of drug-likeness (QED) is 0.669. The minimum Gasteiger partial charge on any atom is -0.466 e. The van der Waals surface area contributed by atoms with E-state index in [1.54, 1.807) is 6.08 Å². The number of carbonyl (C=O) groups excluding carboxylic acids is 1. The summed E-state index contributed by atoms with van der Waals surface area (Å²) in [6.45, 7) is 1.11. The van der Waals surface area contributed by atoms with Crippen LogP contribution in [0.3, 0.4) is 0 Å². The molecule has 1 aliphatic rings. The lowest BCUT2D eigenvalue weighted by molar-refractivity contribution is -0.134. The number of esters is 1. The molecule has 0 amide bonds. The summed E-state index contributed by atoms with van der Waals surface area (Å²) in [5, 5.41) is 3.58. The van der Waals surface area contributed by atoms with Crippen LogP contribution in [-0.2, 0) is 9.53 Å². The fourth-order valence-corrected chi connectivity index (χ4v) is 2.38. The summed E-state index contributed by atoms with van der Waals surface area (Å²) in [4.78, 5) is 11.0. The molecule has 3 heteroatoms. The molecule has 0 radical (unpaired) electrons. The van der Waals surface area contributed by atoms with E-state index < -0.39 is 0 Å². The highest BCUT2D eigenvalue weighted by molar-refractivity contribution is 5.86. The van der Waals surface area contributed by atoms with E-state index in [9.17, 15) is 4.79 Å². The van der Waals surface area contributed by atoms with Crippen LogP contribution in [0.1, 0.15) is 42.9 Å². The van der Waals surface area contributed by atoms with Crippen LogP contribution >= 0.6 is 0 Å². The minimum absolute atomic E-state index is 0.325. The van der Waals surface area contributed by atoms with Crippen molar-refractivity contribution in [2.24, 2.45) is 0 Å². The van der Waals surface area contributed by atoms with Gasteiger partial charge in [0.25, 0.3) is 0 Å². The summed E-state index contributed by atoms with van der Waals surface area (Å²) in [5.41, 5.74) is 2.35. The summed E-state index contributed by atoms with van der Waals surface area (Å²) >= 11 is 0. The lowest BCUT2D eigenvalue weighted by Crippen LogP contribution is -2.20. The highest BCUT2D eigenvalue weighted by atomic mass is 16.5. The standard InChI is InChI=1S/C16H21NO2/c1-19-16(18)11-8-13-6-9-14(10-7-13)15-5-3-2-4-12-17-15/h6-11,15,17H,2-5,12H2,1H3. The molecule has 19 heavy (non-hydrogen) atoms. The van der Waals surface area contributed by atoms with Gasteiger partial charge in [-0.1, -0.05) is 37.1 Å². The van der Waals surface area contributed by atoms with Gasteiger partial charge in [-0.05, 0) is 36.6 Å². The van der Waals surface area contributed by atoms with Gasteiger partial charge < -0.3 is 10.1 Å². The first-order chi connectivity index (χ1) is 9.29. The van der Waals surface area contributed by atoms with Crippen LogP contribution in [0.5, 0.6) is 0 Å². The summed E-state index contributed by atoms with van der Waals surface area (Å²) in [6.07, 6.45) is 8.31. The third-order valence-corrected chi connectivity index (χ3v) is 3.51. The summed E-state index contributed by atoms with van der Waals surface area (Å²) in [5.74, 6) is -0.325. The lowest BCUT2D eigenvalue weighted by Gasteiger charge is -2.16. The van der Waals surface area contributed by atoms with Gasteiger partial charge in [-0.25, -0.2) is 4.79 Å². The van der Waals surface area contributed by atoms with E-state index in [0.717, 1.165) is 12.1 Å². The SMILES string of the molecule is COC(=O)C=Cc1ccc(C2CCCCCN2)cc1. The van der Waals surface area contributed by atoms with E-state index in [1.165, 1.54) is 44.4 Å². The molecule has 1 fully saturated rings. The average molecular weight is 259 g/mol. The Labute approximate surface area is 114 Å².